The summed E-state index contributed by atoms with van der Waals surface area (Å²) in [6, 6.07) is 10.1. The van der Waals surface area contributed by atoms with Gasteiger partial charge in [-0.3, -0.25) is 9.69 Å². The minimum Gasteiger partial charge on any atom is -0.487 e. The van der Waals surface area contributed by atoms with E-state index < -0.39 is 46.8 Å². The fraction of sp³-hybridized carbons (Fsp3) is 0.595. The number of hydrogen-bond donors (Lipinski definition) is 1. The fourth-order valence-electron chi connectivity index (χ4n) is 5.40. The average Bonchev–Trinajstić information content (AvgIpc) is 3.30. The number of carbonyl (C=O) groups excluding carboxylic acids is 3. The Kier molecular flexibility index (Phi) is 12.4. The van der Waals surface area contributed by atoms with E-state index in [1.807, 2.05) is 44.2 Å². The Labute approximate surface area is 285 Å². The smallest absolute Gasteiger partial charge is 0.415 e. The molecule has 0 aromatic heterocycles. The number of hydrogen-bond acceptors (Lipinski definition) is 8. The lowest BCUT2D eigenvalue weighted by molar-refractivity contribution is -0.152. The van der Waals surface area contributed by atoms with Crippen molar-refractivity contribution in [1.29, 1.82) is 0 Å². The monoisotopic (exact) mass is 671 g/mol. The van der Waals surface area contributed by atoms with Crippen molar-refractivity contribution in [1.82, 2.24) is 4.90 Å². The van der Waals surface area contributed by atoms with Gasteiger partial charge in [-0.1, -0.05) is 43.7 Å². The molecule has 0 bridgehead atoms. The highest BCUT2D eigenvalue weighted by Gasteiger charge is 2.42. The first kappa shape index (κ1) is 38.4. The molecule has 1 unspecified atom stereocenters. The maximum atomic E-state index is 16.7. The van der Waals surface area contributed by atoms with Gasteiger partial charge in [-0.2, -0.15) is 0 Å². The van der Waals surface area contributed by atoms with Gasteiger partial charge in [0.25, 0.3) is 0 Å². The molecule has 0 aliphatic carbocycles. The molecule has 0 saturated carbocycles. The van der Waals surface area contributed by atoms with Crippen LogP contribution in [-0.2, 0) is 32.0 Å². The Bertz CT molecular complexity index is 1430. The molecule has 2 atom stereocenters. The summed E-state index contributed by atoms with van der Waals surface area (Å²) in [6.45, 7) is 19.7. The number of ether oxygens (including phenoxy) is 4. The molecule has 48 heavy (non-hydrogen) atoms. The van der Waals surface area contributed by atoms with E-state index in [1.54, 1.807) is 73.3 Å². The van der Waals surface area contributed by atoms with E-state index in [-0.39, 0.29) is 54.8 Å². The van der Waals surface area contributed by atoms with Crippen molar-refractivity contribution in [2.45, 2.75) is 131 Å². The Morgan fingerprint density at radius 3 is 2.12 bits per heavy atom. The van der Waals surface area contributed by atoms with Crippen molar-refractivity contribution in [3.05, 3.63) is 53.3 Å². The van der Waals surface area contributed by atoms with Crippen LogP contribution in [0.1, 0.15) is 100 Å². The molecular weight excluding hydrogens is 617 g/mol. The highest BCUT2D eigenvalue weighted by Crippen LogP contribution is 2.44. The molecule has 2 aromatic rings. The largest absolute Gasteiger partial charge is 0.487 e. The molecule has 3 rings (SSSR count). The Balaban J connectivity index is 2.10. The summed E-state index contributed by atoms with van der Waals surface area (Å²) in [7, 11) is 0. The number of carbonyl (C=O) groups is 3. The molecule has 0 spiro atoms. The van der Waals surface area contributed by atoms with Crippen LogP contribution in [0.2, 0.25) is 0 Å². The SMILES string of the molecule is CCCC(C)N(C[C@H]1Cc2c(cc(OCc3ccccc3)c(NCC(=O)OC(C)(C)C)c2F)N1C(=O)OC(C)(C)C)C(=O)OC(C)(C)C. The molecule has 11 heteroatoms. The molecule has 1 aliphatic rings. The number of benzene rings is 2. The minimum absolute atomic E-state index is 0.0244. The van der Waals surface area contributed by atoms with Gasteiger partial charge in [0.2, 0.25) is 0 Å². The van der Waals surface area contributed by atoms with Gasteiger partial charge in [0.15, 0.2) is 5.82 Å². The van der Waals surface area contributed by atoms with Crippen LogP contribution < -0.4 is 15.0 Å². The number of halogens is 1. The van der Waals surface area contributed by atoms with Crippen LogP contribution in [0.25, 0.3) is 0 Å². The van der Waals surface area contributed by atoms with Gasteiger partial charge in [-0.25, -0.2) is 14.0 Å². The molecular formula is C37H54FN3O7. The van der Waals surface area contributed by atoms with Gasteiger partial charge >= 0.3 is 18.2 Å². The van der Waals surface area contributed by atoms with Crippen molar-refractivity contribution >= 4 is 29.5 Å². The molecule has 1 aliphatic heterocycles. The molecule has 10 nitrogen and oxygen atoms in total. The summed E-state index contributed by atoms with van der Waals surface area (Å²) in [5.74, 6) is -1.13. The highest BCUT2D eigenvalue weighted by atomic mass is 19.1. The van der Waals surface area contributed by atoms with Crippen molar-refractivity contribution in [3.63, 3.8) is 0 Å². The first-order valence-electron chi connectivity index (χ1n) is 16.7. The zero-order chi connectivity index (χ0) is 36.0. The Morgan fingerprint density at radius 2 is 1.56 bits per heavy atom. The fourth-order valence-corrected chi connectivity index (χ4v) is 5.40. The van der Waals surface area contributed by atoms with Crippen molar-refractivity contribution < 1.29 is 37.7 Å². The lowest BCUT2D eigenvalue weighted by atomic mass is 10.1. The molecule has 2 amide bonds. The first-order chi connectivity index (χ1) is 22.2. The number of anilines is 2. The quantitative estimate of drug-likeness (QED) is 0.188. The van der Waals surface area contributed by atoms with Gasteiger partial charge in [0.1, 0.15) is 41.4 Å². The lowest BCUT2D eigenvalue weighted by Gasteiger charge is -2.36. The third kappa shape index (κ3) is 11.0. The van der Waals surface area contributed by atoms with Gasteiger partial charge in [0.05, 0.1) is 11.7 Å². The Morgan fingerprint density at radius 1 is 0.958 bits per heavy atom. The maximum Gasteiger partial charge on any atom is 0.415 e. The summed E-state index contributed by atoms with van der Waals surface area (Å²) in [5, 5.41) is 2.89. The van der Waals surface area contributed by atoms with Crippen LogP contribution in [0.15, 0.2) is 36.4 Å². The van der Waals surface area contributed by atoms with Crippen LogP contribution in [0.4, 0.5) is 25.4 Å². The van der Waals surface area contributed by atoms with Gasteiger partial charge < -0.3 is 29.2 Å². The molecule has 0 radical (unpaired) electrons. The van der Waals surface area contributed by atoms with Crippen molar-refractivity contribution in [3.8, 4) is 5.75 Å². The molecule has 1 N–H and O–H groups in total. The van der Waals surface area contributed by atoms with E-state index in [0.717, 1.165) is 12.0 Å². The van der Waals surface area contributed by atoms with Gasteiger partial charge in [-0.15, -0.1) is 0 Å². The van der Waals surface area contributed by atoms with E-state index in [1.165, 1.54) is 4.90 Å². The summed E-state index contributed by atoms with van der Waals surface area (Å²) < 4.78 is 39.9. The number of esters is 1. The van der Waals surface area contributed by atoms with Crippen LogP contribution in [-0.4, -0.2) is 65.0 Å². The lowest BCUT2D eigenvalue weighted by Crippen LogP contribution is -2.51. The van der Waals surface area contributed by atoms with Gasteiger partial charge in [-0.05, 0) is 81.2 Å². The normalized spacial score (nSPS) is 15.3. The average molecular weight is 672 g/mol. The third-order valence-corrected chi connectivity index (χ3v) is 7.30. The molecule has 0 saturated heterocycles. The zero-order valence-electron chi connectivity index (χ0n) is 30.5. The summed E-state index contributed by atoms with van der Waals surface area (Å²) in [6.07, 6.45) is 0.413. The van der Waals surface area contributed by atoms with Crippen molar-refractivity contribution in [2.24, 2.45) is 0 Å². The summed E-state index contributed by atoms with van der Waals surface area (Å²) >= 11 is 0. The maximum absolute atomic E-state index is 16.7. The van der Waals surface area contributed by atoms with Gasteiger partial charge in [0, 0.05) is 30.6 Å². The van der Waals surface area contributed by atoms with Crippen LogP contribution in [0, 0.1) is 5.82 Å². The predicted octanol–water partition coefficient (Wildman–Crippen LogP) is 8.25. The van der Waals surface area contributed by atoms with E-state index in [0.29, 0.717) is 6.42 Å². The number of amides is 2. The molecule has 2 aromatic carbocycles. The van der Waals surface area contributed by atoms with Crippen LogP contribution in [0.3, 0.4) is 0 Å². The van der Waals surface area contributed by atoms with Crippen LogP contribution in [0.5, 0.6) is 5.75 Å². The molecule has 266 valence electrons. The van der Waals surface area contributed by atoms with Crippen LogP contribution >= 0.6 is 0 Å². The number of nitrogens with zero attached hydrogens (tertiary/aromatic N) is 2. The Hall–Kier alpha value is -4.02. The molecule has 0 fully saturated rings. The second-order valence-electron chi connectivity index (χ2n) is 15.3. The van der Waals surface area contributed by atoms with E-state index >= 15 is 4.39 Å². The van der Waals surface area contributed by atoms with Crippen molar-refractivity contribution in [2.75, 3.05) is 23.3 Å². The topological polar surface area (TPSA) is 107 Å². The predicted molar refractivity (Wildman–Crippen MR) is 185 cm³/mol. The second-order valence-corrected chi connectivity index (χ2v) is 15.3. The number of nitrogens with one attached hydrogen (secondary N) is 1. The number of rotatable bonds is 11. The molecule has 1 heterocycles. The third-order valence-electron chi connectivity index (χ3n) is 7.30. The standard InChI is InChI=1S/C37H54FN3O7/c1-12-16-24(2)40(33(43)47-36(6,7)8)22-26-19-27-28(41(26)34(44)48-37(9,10)11)20-29(45-23-25-17-14-13-15-18-25)32(31(27)38)39-21-30(42)46-35(3,4)5/h13-15,17-18,20,24,26,39H,12,16,19,21-23H2,1-11H3/t24?,26-/m1/s1. The second kappa shape index (κ2) is 15.5. The van der Waals surface area contributed by atoms with E-state index in [2.05, 4.69) is 5.32 Å². The zero-order valence-corrected chi connectivity index (χ0v) is 30.5. The number of fused-ring (bicyclic) bond motifs is 1. The van der Waals surface area contributed by atoms with E-state index in [4.69, 9.17) is 18.9 Å². The summed E-state index contributed by atoms with van der Waals surface area (Å²) in [5.41, 5.74) is -0.985. The highest BCUT2D eigenvalue weighted by molar-refractivity contribution is 5.93. The first-order valence-corrected chi connectivity index (χ1v) is 16.7. The van der Waals surface area contributed by atoms with E-state index in [9.17, 15) is 14.4 Å². The summed E-state index contributed by atoms with van der Waals surface area (Å²) in [4.78, 5) is 43.0. The minimum atomic E-state index is -0.842.